The Labute approximate surface area is 118 Å². The number of sulfone groups is 1. The predicted octanol–water partition coefficient (Wildman–Crippen LogP) is 0.164. The van der Waals surface area contributed by atoms with Crippen molar-refractivity contribution in [2.75, 3.05) is 24.6 Å². The topological polar surface area (TPSA) is 95.0 Å². The lowest BCUT2D eigenvalue weighted by atomic mass is 10.2. The highest BCUT2D eigenvalue weighted by Gasteiger charge is 2.40. The number of hydrogen-bond acceptors (Lipinski definition) is 4. The molecule has 0 aromatic carbocycles. The summed E-state index contributed by atoms with van der Waals surface area (Å²) < 4.78 is 23.1. The quantitative estimate of drug-likeness (QED) is 0.781. The van der Waals surface area contributed by atoms with Crippen molar-refractivity contribution in [3.63, 3.8) is 0 Å². The highest BCUT2D eigenvalue weighted by Crippen LogP contribution is 2.29. The molecule has 1 N–H and O–H groups in total. The summed E-state index contributed by atoms with van der Waals surface area (Å²) in [4.78, 5) is 26.3. The number of rotatable bonds is 5. The Bertz CT molecular complexity index is 500. The largest absolute Gasteiger partial charge is 0.480 e. The van der Waals surface area contributed by atoms with E-state index < -0.39 is 28.4 Å². The third-order valence-electron chi connectivity index (χ3n) is 3.77. The molecule has 0 spiro atoms. The van der Waals surface area contributed by atoms with Crippen molar-refractivity contribution < 1.29 is 23.1 Å². The average Bonchev–Trinajstić information content (AvgIpc) is 3.11. The second kappa shape index (κ2) is 5.59. The van der Waals surface area contributed by atoms with Gasteiger partial charge in [-0.05, 0) is 26.2 Å². The van der Waals surface area contributed by atoms with E-state index in [9.17, 15) is 18.0 Å². The zero-order chi connectivity index (χ0) is 14.9. The van der Waals surface area contributed by atoms with Gasteiger partial charge in [-0.1, -0.05) is 0 Å². The summed E-state index contributed by atoms with van der Waals surface area (Å²) in [6.07, 6.45) is 2.19. The van der Waals surface area contributed by atoms with Crippen LogP contribution >= 0.6 is 0 Å². The van der Waals surface area contributed by atoms with E-state index in [0.717, 1.165) is 12.8 Å². The van der Waals surface area contributed by atoms with E-state index in [4.69, 9.17) is 5.11 Å². The molecule has 114 valence electrons. The first-order chi connectivity index (χ1) is 9.34. The molecule has 1 saturated heterocycles. The molecular weight excluding hydrogens is 284 g/mol. The molecule has 0 aromatic rings. The van der Waals surface area contributed by atoms with Gasteiger partial charge in [0.15, 0.2) is 9.84 Å². The number of carboxylic acids is 1. The fraction of sp³-hybridized carbons (Fsp3) is 0.833. The first-order valence-electron chi connectivity index (χ1n) is 6.83. The minimum atomic E-state index is -3.15. The minimum absolute atomic E-state index is 0.0244. The average molecular weight is 304 g/mol. The first-order valence-corrected chi connectivity index (χ1v) is 8.65. The SMILES string of the molecule is CCN(C(=O)N(CC(=O)O)C1CCS(=O)(=O)C1)C1CC1. The molecule has 1 saturated carbocycles. The summed E-state index contributed by atoms with van der Waals surface area (Å²) in [5, 5.41) is 8.97. The van der Waals surface area contributed by atoms with Crippen LogP contribution in [0, 0.1) is 0 Å². The van der Waals surface area contributed by atoms with Gasteiger partial charge in [0.1, 0.15) is 6.54 Å². The summed E-state index contributed by atoms with van der Waals surface area (Å²) in [5.41, 5.74) is 0. The molecule has 8 heteroatoms. The second-order valence-electron chi connectivity index (χ2n) is 5.38. The van der Waals surface area contributed by atoms with E-state index >= 15 is 0 Å². The molecule has 20 heavy (non-hydrogen) atoms. The zero-order valence-corrected chi connectivity index (χ0v) is 12.3. The molecule has 2 amide bonds. The van der Waals surface area contributed by atoms with Crippen LogP contribution in [0.2, 0.25) is 0 Å². The van der Waals surface area contributed by atoms with Gasteiger partial charge in [-0.3, -0.25) is 4.79 Å². The first kappa shape index (κ1) is 15.1. The Balaban J connectivity index is 2.14. The van der Waals surface area contributed by atoms with E-state index in [1.165, 1.54) is 4.90 Å². The Morgan fingerprint density at radius 3 is 2.20 bits per heavy atom. The highest BCUT2D eigenvalue weighted by atomic mass is 32.2. The monoisotopic (exact) mass is 304 g/mol. The van der Waals surface area contributed by atoms with Gasteiger partial charge in [0.25, 0.3) is 0 Å². The third-order valence-corrected chi connectivity index (χ3v) is 5.52. The van der Waals surface area contributed by atoms with Crippen molar-refractivity contribution in [1.82, 2.24) is 9.80 Å². The molecule has 7 nitrogen and oxygen atoms in total. The lowest BCUT2D eigenvalue weighted by Crippen LogP contribution is -2.51. The van der Waals surface area contributed by atoms with Crippen LogP contribution in [0.25, 0.3) is 0 Å². The molecular formula is C12H20N2O5S. The molecule has 2 fully saturated rings. The van der Waals surface area contributed by atoms with Crippen LogP contribution in [0.5, 0.6) is 0 Å². The number of carbonyl (C=O) groups is 2. The normalized spacial score (nSPS) is 24.4. The van der Waals surface area contributed by atoms with Gasteiger partial charge in [-0.2, -0.15) is 0 Å². The smallest absolute Gasteiger partial charge is 0.323 e. The molecule has 1 aliphatic heterocycles. The number of nitrogens with zero attached hydrogens (tertiary/aromatic N) is 2. The van der Waals surface area contributed by atoms with Gasteiger partial charge >= 0.3 is 12.0 Å². The van der Waals surface area contributed by atoms with E-state index in [-0.39, 0.29) is 23.6 Å². The van der Waals surface area contributed by atoms with Gasteiger partial charge in [-0.15, -0.1) is 0 Å². The van der Waals surface area contributed by atoms with Crippen LogP contribution in [0.15, 0.2) is 0 Å². The summed E-state index contributed by atoms with van der Waals surface area (Å²) in [7, 11) is -3.15. The lowest BCUT2D eigenvalue weighted by Gasteiger charge is -2.32. The summed E-state index contributed by atoms with van der Waals surface area (Å²) in [6.45, 7) is 1.92. The zero-order valence-electron chi connectivity index (χ0n) is 11.5. The molecule has 1 atom stereocenters. The van der Waals surface area contributed by atoms with Crippen LogP contribution in [0.3, 0.4) is 0 Å². The number of amides is 2. The van der Waals surface area contributed by atoms with Crippen LogP contribution in [0.4, 0.5) is 4.79 Å². The molecule has 1 unspecified atom stereocenters. The van der Waals surface area contributed by atoms with Crippen molar-refractivity contribution in [2.45, 2.75) is 38.3 Å². The molecule has 1 aliphatic carbocycles. The highest BCUT2D eigenvalue weighted by molar-refractivity contribution is 7.91. The van der Waals surface area contributed by atoms with Gasteiger partial charge in [-0.25, -0.2) is 13.2 Å². The number of carbonyl (C=O) groups excluding carboxylic acids is 1. The van der Waals surface area contributed by atoms with Crippen LogP contribution in [-0.4, -0.2) is 72.0 Å². The molecule has 2 rings (SSSR count). The summed E-state index contributed by atoms with van der Waals surface area (Å²) >= 11 is 0. The van der Waals surface area contributed by atoms with Crippen LogP contribution in [0.1, 0.15) is 26.2 Å². The molecule has 0 aromatic heterocycles. The molecule has 2 aliphatic rings. The summed E-state index contributed by atoms with van der Waals surface area (Å²) in [5.74, 6) is -1.22. The summed E-state index contributed by atoms with van der Waals surface area (Å²) in [6, 6.07) is -0.683. The maximum atomic E-state index is 12.5. The number of urea groups is 1. The Morgan fingerprint density at radius 2 is 1.80 bits per heavy atom. The van der Waals surface area contributed by atoms with Crippen molar-refractivity contribution in [2.24, 2.45) is 0 Å². The van der Waals surface area contributed by atoms with Crippen LogP contribution in [-0.2, 0) is 14.6 Å². The lowest BCUT2D eigenvalue weighted by molar-refractivity contribution is -0.138. The van der Waals surface area contributed by atoms with Crippen molar-refractivity contribution in [1.29, 1.82) is 0 Å². The van der Waals surface area contributed by atoms with Crippen LogP contribution < -0.4 is 0 Å². The maximum Gasteiger partial charge on any atom is 0.323 e. The van der Waals surface area contributed by atoms with E-state index in [1.807, 2.05) is 6.92 Å². The second-order valence-corrected chi connectivity index (χ2v) is 7.61. The Morgan fingerprint density at radius 1 is 1.15 bits per heavy atom. The Hall–Kier alpha value is -1.31. The maximum absolute atomic E-state index is 12.5. The Kier molecular flexibility index (Phi) is 4.22. The van der Waals surface area contributed by atoms with Gasteiger partial charge in [0.2, 0.25) is 0 Å². The van der Waals surface area contributed by atoms with E-state index in [1.54, 1.807) is 4.90 Å². The van der Waals surface area contributed by atoms with Gasteiger partial charge in [0, 0.05) is 18.6 Å². The molecule has 0 radical (unpaired) electrons. The fourth-order valence-electron chi connectivity index (χ4n) is 2.62. The predicted molar refractivity (Wildman–Crippen MR) is 72.2 cm³/mol. The molecule has 0 bridgehead atoms. The van der Waals surface area contributed by atoms with E-state index in [2.05, 4.69) is 0 Å². The van der Waals surface area contributed by atoms with Crippen molar-refractivity contribution in [3.05, 3.63) is 0 Å². The number of hydrogen-bond donors (Lipinski definition) is 1. The van der Waals surface area contributed by atoms with E-state index in [0.29, 0.717) is 13.0 Å². The number of carboxylic acid groups (broad SMARTS) is 1. The minimum Gasteiger partial charge on any atom is -0.480 e. The van der Waals surface area contributed by atoms with Crippen molar-refractivity contribution in [3.8, 4) is 0 Å². The standard InChI is InChI=1S/C12H20N2O5S/c1-2-13(9-3-4-9)12(17)14(7-11(15)16)10-5-6-20(18,19)8-10/h9-10H,2-8H2,1H3,(H,15,16). The van der Waals surface area contributed by atoms with Crippen molar-refractivity contribution >= 4 is 21.8 Å². The van der Waals surface area contributed by atoms with Gasteiger partial charge in [0.05, 0.1) is 11.5 Å². The molecule has 1 heterocycles. The fourth-order valence-corrected chi connectivity index (χ4v) is 4.35. The number of aliphatic carboxylic acids is 1. The third kappa shape index (κ3) is 3.41. The van der Waals surface area contributed by atoms with Gasteiger partial charge < -0.3 is 14.9 Å².